The standard InChI is InChI=1S/C20H29N2/c1-11-15(5)21-16(6)12(2)19(11)10-20-13(3)17(7)22(9)18(8)14(20)4/h10H2,1-9H3/q+1. The highest BCUT2D eigenvalue weighted by molar-refractivity contribution is 5.45. The largest absolute Gasteiger partial charge is 0.258 e. The van der Waals surface area contributed by atoms with Crippen molar-refractivity contribution in [2.24, 2.45) is 7.05 Å². The molecule has 0 spiro atoms. The van der Waals surface area contributed by atoms with Crippen LogP contribution in [-0.4, -0.2) is 4.98 Å². The van der Waals surface area contributed by atoms with Gasteiger partial charge < -0.3 is 0 Å². The minimum absolute atomic E-state index is 1.00. The molecule has 118 valence electrons. The van der Waals surface area contributed by atoms with Crippen LogP contribution in [0.25, 0.3) is 0 Å². The van der Waals surface area contributed by atoms with Crippen molar-refractivity contribution < 1.29 is 4.57 Å². The summed E-state index contributed by atoms with van der Waals surface area (Å²) in [4.78, 5) is 4.66. The van der Waals surface area contributed by atoms with Crippen LogP contribution in [0.4, 0.5) is 0 Å². The van der Waals surface area contributed by atoms with E-state index in [1.807, 2.05) is 0 Å². The molecule has 0 atom stereocenters. The van der Waals surface area contributed by atoms with Crippen LogP contribution in [0.15, 0.2) is 0 Å². The third kappa shape index (κ3) is 2.55. The zero-order valence-corrected chi connectivity index (χ0v) is 15.6. The van der Waals surface area contributed by atoms with Crippen LogP contribution in [0, 0.1) is 55.4 Å². The zero-order chi connectivity index (χ0) is 16.8. The number of nitrogens with zero attached hydrogens (tertiary/aromatic N) is 2. The van der Waals surface area contributed by atoms with Gasteiger partial charge in [0.05, 0.1) is 0 Å². The average molecular weight is 297 g/mol. The van der Waals surface area contributed by atoms with E-state index in [2.05, 4.69) is 72.0 Å². The first-order valence-electron chi connectivity index (χ1n) is 8.05. The number of aryl methyl sites for hydroxylation is 2. The highest BCUT2D eigenvalue weighted by atomic mass is 14.9. The topological polar surface area (TPSA) is 16.8 Å². The Labute approximate surface area is 135 Å². The molecular formula is C20H29N2+. The monoisotopic (exact) mass is 297 g/mol. The lowest BCUT2D eigenvalue weighted by Crippen LogP contribution is -2.38. The first kappa shape index (κ1) is 16.7. The molecule has 0 bridgehead atoms. The van der Waals surface area contributed by atoms with E-state index in [0.717, 1.165) is 17.8 Å². The number of hydrogen-bond acceptors (Lipinski definition) is 1. The third-order valence-electron chi connectivity index (χ3n) is 5.68. The lowest BCUT2D eigenvalue weighted by molar-refractivity contribution is -0.684. The van der Waals surface area contributed by atoms with Crippen LogP contribution in [0.2, 0.25) is 0 Å². The van der Waals surface area contributed by atoms with Gasteiger partial charge in [-0.2, -0.15) is 0 Å². The quantitative estimate of drug-likeness (QED) is 0.767. The van der Waals surface area contributed by atoms with Gasteiger partial charge in [0.2, 0.25) is 0 Å². The SMILES string of the molecule is Cc1nc(C)c(C)c(Cc2c(C)c(C)[n+](C)c(C)c2C)c1C. The minimum Gasteiger partial charge on any atom is -0.258 e. The van der Waals surface area contributed by atoms with Gasteiger partial charge in [-0.25, -0.2) is 4.57 Å². The third-order valence-corrected chi connectivity index (χ3v) is 5.68. The summed E-state index contributed by atoms with van der Waals surface area (Å²) in [7, 11) is 2.16. The fourth-order valence-corrected chi connectivity index (χ4v) is 3.32. The summed E-state index contributed by atoms with van der Waals surface area (Å²) in [6.45, 7) is 17.6. The molecule has 2 nitrogen and oxygen atoms in total. The van der Waals surface area contributed by atoms with Crippen molar-refractivity contribution in [3.63, 3.8) is 0 Å². The molecule has 0 N–H and O–H groups in total. The molecule has 22 heavy (non-hydrogen) atoms. The van der Waals surface area contributed by atoms with E-state index in [9.17, 15) is 0 Å². The van der Waals surface area contributed by atoms with E-state index in [-0.39, 0.29) is 0 Å². The van der Waals surface area contributed by atoms with Crippen molar-refractivity contribution in [1.82, 2.24) is 4.98 Å². The molecule has 0 aromatic carbocycles. The van der Waals surface area contributed by atoms with Crippen LogP contribution >= 0.6 is 0 Å². The normalized spacial score (nSPS) is 11.1. The van der Waals surface area contributed by atoms with Crippen molar-refractivity contribution >= 4 is 0 Å². The van der Waals surface area contributed by atoms with Gasteiger partial charge >= 0.3 is 0 Å². The molecule has 0 aliphatic carbocycles. The van der Waals surface area contributed by atoms with Crippen LogP contribution in [-0.2, 0) is 13.5 Å². The number of rotatable bonds is 2. The van der Waals surface area contributed by atoms with Crippen molar-refractivity contribution in [2.75, 3.05) is 0 Å². The molecule has 0 aliphatic heterocycles. The smallest absolute Gasteiger partial charge is 0.181 e. The van der Waals surface area contributed by atoms with Gasteiger partial charge in [0, 0.05) is 36.4 Å². The van der Waals surface area contributed by atoms with Gasteiger partial charge in [-0.1, -0.05) is 0 Å². The predicted octanol–water partition coefficient (Wildman–Crippen LogP) is 3.96. The highest BCUT2D eigenvalue weighted by Crippen LogP contribution is 2.26. The average Bonchev–Trinajstić information content (AvgIpc) is 2.48. The van der Waals surface area contributed by atoms with E-state index < -0.39 is 0 Å². The summed E-state index contributed by atoms with van der Waals surface area (Å²) in [5.74, 6) is 0. The van der Waals surface area contributed by atoms with Crippen LogP contribution in [0.3, 0.4) is 0 Å². The lowest BCUT2D eigenvalue weighted by atomic mass is 9.89. The maximum absolute atomic E-state index is 4.66. The summed E-state index contributed by atoms with van der Waals surface area (Å²) in [6, 6.07) is 0. The molecule has 0 saturated carbocycles. The Morgan fingerprint density at radius 2 is 1.00 bits per heavy atom. The molecule has 0 saturated heterocycles. The Kier molecular flexibility index (Phi) is 4.42. The molecule has 2 heteroatoms. The molecule has 2 aromatic rings. The van der Waals surface area contributed by atoms with Gasteiger partial charge in [-0.3, -0.25) is 4.98 Å². The molecular weight excluding hydrogens is 268 g/mol. The van der Waals surface area contributed by atoms with E-state index in [0.29, 0.717) is 0 Å². The fraction of sp³-hybridized carbons (Fsp3) is 0.500. The maximum Gasteiger partial charge on any atom is 0.181 e. The van der Waals surface area contributed by atoms with E-state index in [4.69, 9.17) is 0 Å². The minimum atomic E-state index is 1.00. The van der Waals surface area contributed by atoms with Crippen LogP contribution < -0.4 is 4.57 Å². The Morgan fingerprint density at radius 1 is 0.636 bits per heavy atom. The second-order valence-corrected chi connectivity index (χ2v) is 6.65. The van der Waals surface area contributed by atoms with E-state index in [1.54, 1.807) is 0 Å². The van der Waals surface area contributed by atoms with Crippen molar-refractivity contribution in [1.29, 1.82) is 0 Å². The summed E-state index contributed by atoms with van der Waals surface area (Å²) >= 11 is 0. The van der Waals surface area contributed by atoms with Gasteiger partial charge in [-0.15, -0.1) is 0 Å². The van der Waals surface area contributed by atoms with Crippen LogP contribution in [0.1, 0.15) is 56.2 Å². The fourth-order valence-electron chi connectivity index (χ4n) is 3.32. The summed E-state index contributed by atoms with van der Waals surface area (Å²) < 4.78 is 2.30. The molecule has 0 radical (unpaired) electrons. The first-order valence-corrected chi connectivity index (χ1v) is 8.05. The first-order chi connectivity index (χ1) is 10.2. The second kappa shape index (κ2) is 5.83. The Bertz CT molecular complexity index is 700. The number of pyridine rings is 2. The van der Waals surface area contributed by atoms with Gasteiger partial charge in [0.15, 0.2) is 11.4 Å². The van der Waals surface area contributed by atoms with Crippen LogP contribution in [0.5, 0.6) is 0 Å². The molecule has 0 amide bonds. The summed E-state index contributed by atoms with van der Waals surface area (Å²) in [5, 5.41) is 0. The summed E-state index contributed by atoms with van der Waals surface area (Å²) in [6.07, 6.45) is 1.00. The Hall–Kier alpha value is -1.70. The molecule has 0 unspecified atom stereocenters. The highest BCUT2D eigenvalue weighted by Gasteiger charge is 2.20. The predicted molar refractivity (Wildman–Crippen MR) is 92.6 cm³/mol. The Balaban J connectivity index is 2.68. The van der Waals surface area contributed by atoms with Crippen molar-refractivity contribution in [3.05, 3.63) is 56.2 Å². The van der Waals surface area contributed by atoms with Gasteiger partial charge in [0.25, 0.3) is 0 Å². The van der Waals surface area contributed by atoms with E-state index >= 15 is 0 Å². The van der Waals surface area contributed by atoms with Gasteiger partial charge in [-0.05, 0) is 70.2 Å². The van der Waals surface area contributed by atoms with Gasteiger partial charge in [0.1, 0.15) is 7.05 Å². The second-order valence-electron chi connectivity index (χ2n) is 6.65. The Morgan fingerprint density at radius 3 is 1.41 bits per heavy atom. The molecule has 2 rings (SSSR count). The lowest BCUT2D eigenvalue weighted by Gasteiger charge is -2.18. The maximum atomic E-state index is 4.66. The molecule has 0 aliphatic rings. The van der Waals surface area contributed by atoms with Crippen molar-refractivity contribution in [2.45, 2.75) is 61.8 Å². The van der Waals surface area contributed by atoms with Crippen molar-refractivity contribution in [3.8, 4) is 0 Å². The zero-order valence-electron chi connectivity index (χ0n) is 15.6. The number of hydrogen-bond donors (Lipinski definition) is 0. The van der Waals surface area contributed by atoms with E-state index in [1.165, 1.54) is 44.8 Å². The summed E-state index contributed by atoms with van der Waals surface area (Å²) in [5.41, 5.74) is 13.5. The molecule has 0 fully saturated rings. The molecule has 2 aromatic heterocycles. The molecule has 2 heterocycles. The number of aromatic nitrogens is 2.